The minimum atomic E-state index is -0.423. The maximum absolute atomic E-state index is 12.7. The maximum Gasteiger partial charge on any atom is 0.355 e. The average Bonchev–Trinajstić information content (AvgIpc) is 2.93. The smallest absolute Gasteiger partial charge is 0.355 e. The highest BCUT2D eigenvalue weighted by Crippen LogP contribution is 2.34. The van der Waals surface area contributed by atoms with Crippen molar-refractivity contribution in [2.24, 2.45) is 0 Å². The Hall–Kier alpha value is -3.41. The van der Waals surface area contributed by atoms with Crippen LogP contribution in [0.3, 0.4) is 0 Å². The van der Waals surface area contributed by atoms with Crippen LogP contribution in [0.5, 0.6) is 0 Å². The molecule has 0 aliphatic heterocycles. The molecule has 0 bridgehead atoms. The quantitative estimate of drug-likeness (QED) is 0.347. The molecule has 28 heavy (non-hydrogen) atoms. The molecule has 0 amide bonds. The number of rotatable bonds is 6. The molecular formula is C22H22N2O4. The van der Waals surface area contributed by atoms with E-state index < -0.39 is 4.92 Å². The fourth-order valence-corrected chi connectivity index (χ4v) is 3.50. The number of carbonyl (C=O) groups is 1. The summed E-state index contributed by atoms with van der Waals surface area (Å²) in [6, 6.07) is 16.3. The third-order valence-corrected chi connectivity index (χ3v) is 4.79. The van der Waals surface area contributed by atoms with Crippen LogP contribution in [0.1, 0.15) is 34.2 Å². The second-order valence-electron chi connectivity index (χ2n) is 6.53. The highest BCUT2D eigenvalue weighted by Gasteiger charge is 2.24. The minimum Gasteiger partial charge on any atom is -0.461 e. The zero-order valence-corrected chi connectivity index (χ0v) is 16.1. The van der Waals surface area contributed by atoms with Gasteiger partial charge in [-0.3, -0.25) is 10.1 Å². The summed E-state index contributed by atoms with van der Waals surface area (Å²) < 4.78 is 7.25. The molecule has 0 radical (unpaired) electrons. The van der Waals surface area contributed by atoms with E-state index in [0.29, 0.717) is 18.8 Å². The molecule has 2 aromatic carbocycles. The monoisotopic (exact) mass is 378 g/mol. The van der Waals surface area contributed by atoms with Crippen LogP contribution in [0.2, 0.25) is 0 Å². The molecule has 6 heteroatoms. The van der Waals surface area contributed by atoms with Gasteiger partial charge in [-0.2, -0.15) is 0 Å². The summed E-state index contributed by atoms with van der Waals surface area (Å²) in [6.45, 7) is 6.45. The number of esters is 1. The lowest BCUT2D eigenvalue weighted by molar-refractivity contribution is -0.384. The van der Waals surface area contributed by atoms with Gasteiger partial charge in [0.05, 0.1) is 11.5 Å². The van der Waals surface area contributed by atoms with Crippen LogP contribution in [0.15, 0.2) is 54.6 Å². The Labute approximate surface area is 163 Å². The molecule has 3 aromatic rings. The largest absolute Gasteiger partial charge is 0.461 e. The Bertz CT molecular complexity index is 1010. The lowest BCUT2D eigenvalue weighted by Gasteiger charge is -2.12. The topological polar surface area (TPSA) is 74.4 Å². The van der Waals surface area contributed by atoms with Crippen molar-refractivity contribution in [2.75, 3.05) is 6.61 Å². The van der Waals surface area contributed by atoms with Gasteiger partial charge in [0.15, 0.2) is 0 Å². The van der Waals surface area contributed by atoms with Crippen LogP contribution in [0, 0.1) is 24.0 Å². The first-order chi connectivity index (χ1) is 13.4. The standard InChI is InChI=1S/C22H22N2O4/c1-4-28-22(25)21-15(2)20(18-10-12-19(13-11-18)24(26)27)16(3)23(21)14-17-8-6-5-7-9-17/h5-13H,4,14H2,1-3H3. The molecule has 0 N–H and O–H groups in total. The van der Waals surface area contributed by atoms with Crippen molar-refractivity contribution in [1.29, 1.82) is 0 Å². The number of nitro groups is 1. The molecule has 0 saturated heterocycles. The van der Waals surface area contributed by atoms with Gasteiger partial charge in [-0.25, -0.2) is 4.79 Å². The number of benzene rings is 2. The van der Waals surface area contributed by atoms with Crippen molar-refractivity contribution >= 4 is 11.7 Å². The number of carbonyl (C=O) groups excluding carboxylic acids is 1. The summed E-state index contributed by atoms with van der Waals surface area (Å²) in [5, 5.41) is 10.9. The Kier molecular flexibility index (Phi) is 5.59. The number of non-ortho nitro benzene ring substituents is 1. The zero-order chi connectivity index (χ0) is 20.3. The highest BCUT2D eigenvalue weighted by atomic mass is 16.6. The Morgan fingerprint density at radius 3 is 2.29 bits per heavy atom. The number of aromatic nitrogens is 1. The SMILES string of the molecule is CCOC(=O)c1c(C)c(-c2ccc([N+](=O)[O-])cc2)c(C)n1Cc1ccccc1. The van der Waals surface area contributed by atoms with Crippen LogP contribution in [0.25, 0.3) is 11.1 Å². The normalized spacial score (nSPS) is 10.7. The second kappa shape index (κ2) is 8.08. The molecule has 0 spiro atoms. The first-order valence-electron chi connectivity index (χ1n) is 9.09. The number of hydrogen-bond acceptors (Lipinski definition) is 4. The van der Waals surface area contributed by atoms with E-state index in [1.165, 1.54) is 12.1 Å². The van der Waals surface area contributed by atoms with Gasteiger partial charge in [-0.05, 0) is 49.6 Å². The zero-order valence-electron chi connectivity index (χ0n) is 16.1. The molecule has 0 aliphatic rings. The van der Waals surface area contributed by atoms with Crippen molar-refractivity contribution in [2.45, 2.75) is 27.3 Å². The molecule has 3 rings (SSSR count). The molecule has 0 unspecified atom stereocenters. The number of nitro benzene ring substituents is 1. The fourth-order valence-electron chi connectivity index (χ4n) is 3.50. The van der Waals surface area contributed by atoms with Crippen LogP contribution in [-0.4, -0.2) is 22.1 Å². The number of hydrogen-bond donors (Lipinski definition) is 0. The second-order valence-corrected chi connectivity index (χ2v) is 6.53. The van der Waals surface area contributed by atoms with E-state index in [1.807, 2.05) is 48.7 Å². The van der Waals surface area contributed by atoms with Gasteiger partial charge >= 0.3 is 5.97 Å². The minimum absolute atomic E-state index is 0.0355. The van der Waals surface area contributed by atoms with Crippen LogP contribution >= 0.6 is 0 Å². The van der Waals surface area contributed by atoms with Crippen LogP contribution in [-0.2, 0) is 11.3 Å². The first-order valence-corrected chi connectivity index (χ1v) is 9.09. The summed E-state index contributed by atoms with van der Waals surface area (Å²) in [6.07, 6.45) is 0. The molecule has 6 nitrogen and oxygen atoms in total. The van der Waals surface area contributed by atoms with Crippen LogP contribution < -0.4 is 0 Å². The van der Waals surface area contributed by atoms with Gasteiger partial charge in [-0.15, -0.1) is 0 Å². The number of nitrogens with zero attached hydrogens (tertiary/aromatic N) is 2. The van der Waals surface area contributed by atoms with E-state index >= 15 is 0 Å². The van der Waals surface area contributed by atoms with Gasteiger partial charge in [0, 0.05) is 29.9 Å². The lowest BCUT2D eigenvalue weighted by atomic mass is 10.0. The van der Waals surface area contributed by atoms with Gasteiger partial charge in [-0.1, -0.05) is 30.3 Å². The first kappa shape index (κ1) is 19.4. The predicted octanol–water partition coefficient (Wildman–Crippen LogP) is 4.91. The molecule has 1 aromatic heterocycles. The van der Waals surface area contributed by atoms with E-state index in [1.54, 1.807) is 19.1 Å². The van der Waals surface area contributed by atoms with Gasteiger partial charge in [0.2, 0.25) is 0 Å². The van der Waals surface area contributed by atoms with Crippen molar-refractivity contribution in [3.8, 4) is 11.1 Å². The van der Waals surface area contributed by atoms with E-state index in [0.717, 1.165) is 27.9 Å². The Balaban J connectivity index is 2.14. The van der Waals surface area contributed by atoms with Crippen molar-refractivity contribution in [3.63, 3.8) is 0 Å². The molecular weight excluding hydrogens is 356 g/mol. The average molecular weight is 378 g/mol. The van der Waals surface area contributed by atoms with E-state index in [2.05, 4.69) is 0 Å². The Morgan fingerprint density at radius 1 is 1.07 bits per heavy atom. The third-order valence-electron chi connectivity index (χ3n) is 4.79. The lowest BCUT2D eigenvalue weighted by Crippen LogP contribution is -2.15. The summed E-state index contributed by atoms with van der Waals surface area (Å²) in [5.41, 5.74) is 5.07. The molecule has 0 saturated carbocycles. The van der Waals surface area contributed by atoms with Gasteiger partial charge < -0.3 is 9.30 Å². The molecule has 0 fully saturated rings. The third kappa shape index (κ3) is 3.67. The highest BCUT2D eigenvalue weighted by molar-refractivity contribution is 5.93. The summed E-state index contributed by atoms with van der Waals surface area (Å²) in [4.78, 5) is 23.2. The maximum atomic E-state index is 12.7. The van der Waals surface area contributed by atoms with E-state index in [-0.39, 0.29) is 11.7 Å². The van der Waals surface area contributed by atoms with E-state index in [9.17, 15) is 14.9 Å². The molecule has 144 valence electrons. The summed E-state index contributed by atoms with van der Waals surface area (Å²) in [7, 11) is 0. The van der Waals surface area contributed by atoms with E-state index in [4.69, 9.17) is 4.74 Å². The fraction of sp³-hybridized carbons (Fsp3) is 0.227. The van der Waals surface area contributed by atoms with Crippen molar-refractivity contribution in [1.82, 2.24) is 4.57 Å². The summed E-state index contributed by atoms with van der Waals surface area (Å²) >= 11 is 0. The molecule has 0 aliphatic carbocycles. The molecule has 0 atom stereocenters. The Morgan fingerprint density at radius 2 is 1.71 bits per heavy atom. The van der Waals surface area contributed by atoms with Gasteiger partial charge in [0.25, 0.3) is 5.69 Å². The summed E-state index contributed by atoms with van der Waals surface area (Å²) in [5.74, 6) is -0.368. The molecule has 1 heterocycles. The predicted molar refractivity (Wildman–Crippen MR) is 107 cm³/mol. The van der Waals surface area contributed by atoms with Crippen LogP contribution in [0.4, 0.5) is 5.69 Å². The van der Waals surface area contributed by atoms with Crippen molar-refractivity contribution < 1.29 is 14.5 Å². The van der Waals surface area contributed by atoms with Gasteiger partial charge in [0.1, 0.15) is 5.69 Å². The van der Waals surface area contributed by atoms with Crippen molar-refractivity contribution in [3.05, 3.63) is 87.2 Å². The number of ether oxygens (including phenoxy) is 1.